The van der Waals surface area contributed by atoms with Crippen molar-refractivity contribution in [1.82, 2.24) is 10.2 Å². The minimum atomic E-state index is 0.246. The molecule has 4 heteroatoms. The Morgan fingerprint density at radius 3 is 2.71 bits per heavy atom. The summed E-state index contributed by atoms with van der Waals surface area (Å²) in [5, 5.41) is 3.48. The first-order valence-corrected chi connectivity index (χ1v) is 6.92. The lowest BCUT2D eigenvalue weighted by atomic mass is 9.95. The van der Waals surface area contributed by atoms with Crippen LogP contribution in [0.5, 0.6) is 0 Å². The van der Waals surface area contributed by atoms with E-state index in [1.165, 1.54) is 25.7 Å². The molecule has 1 amide bonds. The van der Waals surface area contributed by atoms with Crippen LogP contribution in [0.25, 0.3) is 0 Å². The quantitative estimate of drug-likeness (QED) is 0.784. The topological polar surface area (TPSA) is 41.6 Å². The zero-order valence-electron chi connectivity index (χ0n) is 10.4. The van der Waals surface area contributed by atoms with Gasteiger partial charge in [0.05, 0.1) is 19.8 Å². The average molecular weight is 238 g/mol. The number of fused-ring (bicyclic) bond motifs is 2. The fourth-order valence-electron chi connectivity index (χ4n) is 3.64. The second kappa shape index (κ2) is 4.94. The summed E-state index contributed by atoms with van der Waals surface area (Å²) in [4.78, 5) is 13.9. The minimum Gasteiger partial charge on any atom is -0.378 e. The van der Waals surface area contributed by atoms with Crippen LogP contribution in [0.4, 0.5) is 0 Å². The minimum absolute atomic E-state index is 0.246. The number of rotatable bonds is 3. The van der Waals surface area contributed by atoms with Gasteiger partial charge in [-0.05, 0) is 31.1 Å². The molecule has 1 aliphatic heterocycles. The molecule has 0 radical (unpaired) electrons. The Morgan fingerprint density at radius 1 is 1.24 bits per heavy atom. The molecule has 1 heterocycles. The Balaban J connectivity index is 1.43. The number of carbonyl (C=O) groups excluding carboxylic acids is 1. The number of hydrogen-bond donors (Lipinski definition) is 1. The molecule has 3 fully saturated rings. The van der Waals surface area contributed by atoms with Crippen LogP contribution in [0, 0.1) is 11.8 Å². The molecule has 3 unspecified atom stereocenters. The van der Waals surface area contributed by atoms with Gasteiger partial charge in [0.1, 0.15) is 0 Å². The molecule has 4 nitrogen and oxygen atoms in total. The van der Waals surface area contributed by atoms with E-state index in [1.54, 1.807) is 0 Å². The molecule has 2 saturated carbocycles. The van der Waals surface area contributed by atoms with Crippen molar-refractivity contribution < 1.29 is 9.53 Å². The first kappa shape index (κ1) is 11.5. The van der Waals surface area contributed by atoms with Crippen LogP contribution in [0.3, 0.4) is 0 Å². The third kappa shape index (κ3) is 2.47. The second-order valence-electron chi connectivity index (χ2n) is 5.66. The molecule has 1 saturated heterocycles. The van der Waals surface area contributed by atoms with Crippen LogP contribution in [0.15, 0.2) is 0 Å². The van der Waals surface area contributed by atoms with Gasteiger partial charge in [-0.25, -0.2) is 0 Å². The largest absolute Gasteiger partial charge is 0.378 e. The number of nitrogens with zero attached hydrogens (tertiary/aromatic N) is 1. The van der Waals surface area contributed by atoms with Gasteiger partial charge >= 0.3 is 0 Å². The Bertz CT molecular complexity index is 289. The molecule has 3 aliphatic rings. The van der Waals surface area contributed by atoms with E-state index in [-0.39, 0.29) is 5.91 Å². The van der Waals surface area contributed by atoms with Crippen LogP contribution in [0.1, 0.15) is 25.7 Å². The van der Waals surface area contributed by atoms with Crippen molar-refractivity contribution in [2.45, 2.75) is 31.7 Å². The van der Waals surface area contributed by atoms with Crippen LogP contribution in [0.2, 0.25) is 0 Å². The lowest BCUT2D eigenvalue weighted by Crippen LogP contribution is -2.47. The van der Waals surface area contributed by atoms with E-state index in [1.807, 2.05) is 4.90 Å². The van der Waals surface area contributed by atoms with E-state index < -0.39 is 0 Å². The molecular formula is C13H22N2O2. The molecule has 0 aromatic rings. The van der Waals surface area contributed by atoms with Crippen molar-refractivity contribution in [1.29, 1.82) is 0 Å². The summed E-state index contributed by atoms with van der Waals surface area (Å²) in [7, 11) is 0. The number of carbonyl (C=O) groups is 1. The summed E-state index contributed by atoms with van der Waals surface area (Å²) in [6.45, 7) is 3.43. The first-order chi connectivity index (χ1) is 8.33. The summed E-state index contributed by atoms with van der Waals surface area (Å²) in [5.74, 6) is 2.03. The maximum absolute atomic E-state index is 12.0. The molecule has 1 N–H and O–H groups in total. The highest BCUT2D eigenvalue weighted by molar-refractivity contribution is 5.78. The fourth-order valence-corrected chi connectivity index (χ4v) is 3.64. The van der Waals surface area contributed by atoms with Crippen molar-refractivity contribution in [2.75, 3.05) is 32.8 Å². The van der Waals surface area contributed by atoms with E-state index in [0.29, 0.717) is 25.8 Å². The Hall–Kier alpha value is -0.610. The monoisotopic (exact) mass is 238 g/mol. The van der Waals surface area contributed by atoms with Gasteiger partial charge in [-0.2, -0.15) is 0 Å². The van der Waals surface area contributed by atoms with Gasteiger partial charge in [0.15, 0.2) is 0 Å². The van der Waals surface area contributed by atoms with Gasteiger partial charge in [0.25, 0.3) is 0 Å². The molecule has 3 rings (SSSR count). The SMILES string of the molecule is O=C(CNC1CC2CCC1C2)N1CCOCC1. The second-order valence-corrected chi connectivity index (χ2v) is 5.66. The predicted molar refractivity (Wildman–Crippen MR) is 64.6 cm³/mol. The summed E-state index contributed by atoms with van der Waals surface area (Å²) < 4.78 is 5.25. The first-order valence-electron chi connectivity index (χ1n) is 6.92. The third-order valence-corrected chi connectivity index (χ3v) is 4.62. The molecular weight excluding hydrogens is 216 g/mol. The summed E-state index contributed by atoms with van der Waals surface area (Å²) in [6.07, 6.45) is 5.47. The van der Waals surface area contributed by atoms with Gasteiger partial charge in [0.2, 0.25) is 5.91 Å². The van der Waals surface area contributed by atoms with Crippen LogP contribution in [-0.2, 0) is 9.53 Å². The summed E-state index contributed by atoms with van der Waals surface area (Å²) >= 11 is 0. The molecule has 0 aromatic carbocycles. The summed E-state index contributed by atoms with van der Waals surface area (Å²) in [5.41, 5.74) is 0. The molecule has 17 heavy (non-hydrogen) atoms. The van der Waals surface area contributed by atoms with Gasteiger partial charge in [-0.15, -0.1) is 0 Å². The smallest absolute Gasteiger partial charge is 0.236 e. The summed E-state index contributed by atoms with van der Waals surface area (Å²) in [6, 6.07) is 0.610. The number of amides is 1. The van der Waals surface area contributed by atoms with E-state index >= 15 is 0 Å². The molecule has 0 spiro atoms. The third-order valence-electron chi connectivity index (χ3n) is 4.62. The maximum atomic E-state index is 12.0. The van der Waals surface area contributed by atoms with Crippen molar-refractivity contribution in [3.63, 3.8) is 0 Å². The van der Waals surface area contributed by atoms with Crippen LogP contribution in [-0.4, -0.2) is 49.7 Å². The van der Waals surface area contributed by atoms with Crippen molar-refractivity contribution >= 4 is 5.91 Å². The van der Waals surface area contributed by atoms with Gasteiger partial charge in [0, 0.05) is 19.1 Å². The normalized spacial score (nSPS) is 36.5. The van der Waals surface area contributed by atoms with Crippen molar-refractivity contribution in [3.8, 4) is 0 Å². The van der Waals surface area contributed by atoms with Crippen LogP contribution < -0.4 is 5.32 Å². The highest BCUT2D eigenvalue weighted by atomic mass is 16.5. The number of hydrogen-bond acceptors (Lipinski definition) is 3. The Kier molecular flexibility index (Phi) is 3.34. The predicted octanol–water partition coefficient (Wildman–Crippen LogP) is 0.623. The van der Waals surface area contributed by atoms with E-state index in [0.717, 1.165) is 24.9 Å². The van der Waals surface area contributed by atoms with Crippen molar-refractivity contribution in [2.24, 2.45) is 11.8 Å². The standard InChI is InChI=1S/C13H22N2O2/c16-13(15-3-5-17-6-4-15)9-14-12-8-10-1-2-11(12)7-10/h10-12,14H,1-9H2. The van der Waals surface area contributed by atoms with E-state index in [4.69, 9.17) is 4.74 Å². The van der Waals surface area contributed by atoms with Gasteiger partial charge in [-0.3, -0.25) is 4.79 Å². The highest BCUT2D eigenvalue weighted by Gasteiger charge is 2.39. The molecule has 2 aliphatic carbocycles. The number of nitrogens with one attached hydrogen (secondary N) is 1. The van der Waals surface area contributed by atoms with Crippen LogP contribution >= 0.6 is 0 Å². The van der Waals surface area contributed by atoms with Crippen molar-refractivity contribution in [3.05, 3.63) is 0 Å². The molecule has 2 bridgehead atoms. The Morgan fingerprint density at radius 2 is 2.06 bits per heavy atom. The number of morpholine rings is 1. The highest BCUT2D eigenvalue weighted by Crippen LogP contribution is 2.44. The lowest BCUT2D eigenvalue weighted by Gasteiger charge is -2.28. The molecule has 96 valence electrons. The van der Waals surface area contributed by atoms with E-state index in [2.05, 4.69) is 5.32 Å². The lowest BCUT2D eigenvalue weighted by molar-refractivity contribution is -0.134. The number of ether oxygens (including phenoxy) is 1. The van der Waals surface area contributed by atoms with Gasteiger partial charge < -0.3 is 15.0 Å². The molecule has 0 aromatic heterocycles. The van der Waals surface area contributed by atoms with Gasteiger partial charge in [-0.1, -0.05) is 6.42 Å². The zero-order valence-corrected chi connectivity index (χ0v) is 10.4. The average Bonchev–Trinajstić information content (AvgIpc) is 2.99. The maximum Gasteiger partial charge on any atom is 0.236 e. The Labute approximate surface area is 103 Å². The molecule has 3 atom stereocenters. The zero-order chi connectivity index (χ0) is 11.7. The van der Waals surface area contributed by atoms with E-state index in [9.17, 15) is 4.79 Å². The fraction of sp³-hybridized carbons (Fsp3) is 0.923.